The van der Waals surface area contributed by atoms with Crippen molar-refractivity contribution in [3.8, 4) is 0 Å². The average Bonchev–Trinajstić information content (AvgIpc) is 2.47. The van der Waals surface area contributed by atoms with Gasteiger partial charge < -0.3 is 0 Å². The lowest BCUT2D eigenvalue weighted by Crippen LogP contribution is -1.82. The number of rotatable bonds is 16. The first-order valence-corrected chi connectivity index (χ1v) is 9.56. The summed E-state index contributed by atoms with van der Waals surface area (Å²) >= 11 is 0. The van der Waals surface area contributed by atoms with E-state index in [0.29, 0.717) is 0 Å². The highest BCUT2D eigenvalue weighted by molar-refractivity contribution is 4.80. The maximum atomic E-state index is 2.38. The zero-order valence-corrected chi connectivity index (χ0v) is 14.5. The third-order valence-electron chi connectivity index (χ3n) is 4.10. The Balaban J connectivity index is 2.96. The zero-order valence-electron chi connectivity index (χ0n) is 14.5. The molecule has 0 spiro atoms. The standard InChI is InChI=1S/C20H40/c1-3-5-7-9-11-13-15-17-19-20-18-16-14-12-10-8-6-4-2/h7,9H,3-6,8,10-20H2,1-2H3/b9-7+. The molecule has 0 aromatic carbocycles. The van der Waals surface area contributed by atoms with E-state index in [1.807, 2.05) is 0 Å². The van der Waals surface area contributed by atoms with Gasteiger partial charge in [0.1, 0.15) is 0 Å². The molecule has 0 aliphatic heterocycles. The van der Waals surface area contributed by atoms with E-state index in [4.69, 9.17) is 0 Å². The van der Waals surface area contributed by atoms with Crippen LogP contribution in [-0.2, 0) is 0 Å². The third kappa shape index (κ3) is 17.7. The summed E-state index contributed by atoms with van der Waals surface area (Å²) in [6, 6.07) is 0. The second kappa shape index (κ2) is 18.7. The van der Waals surface area contributed by atoms with Gasteiger partial charge >= 0.3 is 0 Å². The van der Waals surface area contributed by atoms with Gasteiger partial charge in [-0.25, -0.2) is 0 Å². The van der Waals surface area contributed by atoms with E-state index in [9.17, 15) is 0 Å². The molecule has 0 aromatic heterocycles. The highest BCUT2D eigenvalue weighted by atomic mass is 14.0. The molecule has 0 bridgehead atoms. The predicted molar refractivity (Wildman–Crippen MR) is 94.4 cm³/mol. The molecule has 0 nitrogen and oxygen atoms in total. The van der Waals surface area contributed by atoms with Crippen molar-refractivity contribution in [2.24, 2.45) is 0 Å². The fraction of sp³-hybridized carbons (Fsp3) is 0.900. The van der Waals surface area contributed by atoms with Crippen molar-refractivity contribution in [2.45, 2.75) is 117 Å². The molecular formula is C20H40. The number of hydrogen-bond acceptors (Lipinski definition) is 0. The summed E-state index contributed by atoms with van der Waals surface area (Å²) in [5.74, 6) is 0. The summed E-state index contributed by atoms with van der Waals surface area (Å²) in [6.45, 7) is 4.54. The fourth-order valence-corrected chi connectivity index (χ4v) is 2.68. The molecule has 0 heteroatoms. The van der Waals surface area contributed by atoms with Crippen LogP contribution in [-0.4, -0.2) is 0 Å². The minimum absolute atomic E-state index is 1.26. The van der Waals surface area contributed by atoms with E-state index in [1.54, 1.807) is 0 Å². The largest absolute Gasteiger partial charge is 0.0885 e. The second-order valence-electron chi connectivity index (χ2n) is 6.29. The third-order valence-corrected chi connectivity index (χ3v) is 4.10. The topological polar surface area (TPSA) is 0 Å². The van der Waals surface area contributed by atoms with Crippen molar-refractivity contribution in [3.63, 3.8) is 0 Å². The van der Waals surface area contributed by atoms with Crippen molar-refractivity contribution in [1.29, 1.82) is 0 Å². The van der Waals surface area contributed by atoms with Gasteiger partial charge in [-0.1, -0.05) is 109 Å². The highest BCUT2D eigenvalue weighted by Gasteiger charge is 1.93. The Morgan fingerprint density at radius 3 is 1.25 bits per heavy atom. The molecule has 0 atom stereocenters. The van der Waals surface area contributed by atoms with Gasteiger partial charge in [0.2, 0.25) is 0 Å². The summed E-state index contributed by atoms with van der Waals surface area (Å²) < 4.78 is 0. The Labute approximate surface area is 129 Å². The number of unbranched alkanes of at least 4 members (excludes halogenated alkanes) is 14. The Kier molecular flexibility index (Phi) is 18.5. The molecule has 0 rings (SSSR count). The molecule has 0 aliphatic carbocycles. The van der Waals surface area contributed by atoms with Crippen LogP contribution in [0.15, 0.2) is 12.2 Å². The van der Waals surface area contributed by atoms with Gasteiger partial charge in [-0.3, -0.25) is 0 Å². The molecule has 120 valence electrons. The van der Waals surface area contributed by atoms with E-state index in [-0.39, 0.29) is 0 Å². The summed E-state index contributed by atoms with van der Waals surface area (Å²) in [5, 5.41) is 0. The van der Waals surface area contributed by atoms with Gasteiger partial charge in [-0.2, -0.15) is 0 Å². The molecular weight excluding hydrogens is 240 g/mol. The summed E-state index contributed by atoms with van der Waals surface area (Å²) in [7, 11) is 0. The van der Waals surface area contributed by atoms with Crippen LogP contribution in [0.4, 0.5) is 0 Å². The predicted octanol–water partition coefficient (Wildman–Crippen LogP) is 7.82. The van der Waals surface area contributed by atoms with Gasteiger partial charge in [-0.15, -0.1) is 0 Å². The Bertz CT molecular complexity index is 180. The molecule has 0 heterocycles. The maximum absolute atomic E-state index is 2.38. The molecule has 0 unspecified atom stereocenters. The average molecular weight is 281 g/mol. The second-order valence-corrected chi connectivity index (χ2v) is 6.29. The van der Waals surface area contributed by atoms with Crippen LogP contribution < -0.4 is 0 Å². The van der Waals surface area contributed by atoms with Gasteiger partial charge in [0.25, 0.3) is 0 Å². The molecule has 0 saturated carbocycles. The first-order chi connectivity index (χ1) is 9.91. The van der Waals surface area contributed by atoms with Crippen molar-refractivity contribution in [3.05, 3.63) is 12.2 Å². The maximum Gasteiger partial charge on any atom is -0.0351 e. The van der Waals surface area contributed by atoms with E-state index < -0.39 is 0 Å². The molecule has 0 saturated heterocycles. The summed E-state index contributed by atoms with van der Waals surface area (Å²) in [6.07, 6.45) is 27.5. The van der Waals surface area contributed by atoms with Crippen LogP contribution in [0.1, 0.15) is 117 Å². The van der Waals surface area contributed by atoms with Gasteiger partial charge in [-0.05, 0) is 19.3 Å². The zero-order chi connectivity index (χ0) is 14.7. The van der Waals surface area contributed by atoms with Crippen LogP contribution in [0.25, 0.3) is 0 Å². The summed E-state index contributed by atoms with van der Waals surface area (Å²) in [5.41, 5.74) is 0. The van der Waals surface area contributed by atoms with E-state index >= 15 is 0 Å². The van der Waals surface area contributed by atoms with Crippen molar-refractivity contribution in [1.82, 2.24) is 0 Å². The van der Waals surface area contributed by atoms with Crippen molar-refractivity contribution >= 4 is 0 Å². The van der Waals surface area contributed by atoms with Crippen LogP contribution in [0.5, 0.6) is 0 Å². The Hall–Kier alpha value is -0.260. The van der Waals surface area contributed by atoms with Crippen LogP contribution in [0.2, 0.25) is 0 Å². The molecule has 0 aromatic rings. The van der Waals surface area contributed by atoms with E-state index in [0.717, 1.165) is 0 Å². The van der Waals surface area contributed by atoms with Gasteiger partial charge in [0, 0.05) is 0 Å². The quantitative estimate of drug-likeness (QED) is 0.200. The summed E-state index contributed by atoms with van der Waals surface area (Å²) in [4.78, 5) is 0. The number of allylic oxidation sites excluding steroid dienone is 2. The SMILES string of the molecule is CCC/C=C/CCCCCCCCCCCCCCC. The van der Waals surface area contributed by atoms with E-state index in [1.165, 1.54) is 103 Å². The Morgan fingerprint density at radius 1 is 0.400 bits per heavy atom. The van der Waals surface area contributed by atoms with Gasteiger partial charge in [0.05, 0.1) is 0 Å². The smallest absolute Gasteiger partial charge is 0.0351 e. The fourth-order valence-electron chi connectivity index (χ4n) is 2.68. The van der Waals surface area contributed by atoms with E-state index in [2.05, 4.69) is 26.0 Å². The van der Waals surface area contributed by atoms with Gasteiger partial charge in [0.15, 0.2) is 0 Å². The lowest BCUT2D eigenvalue weighted by molar-refractivity contribution is 0.540. The van der Waals surface area contributed by atoms with Crippen LogP contribution in [0, 0.1) is 0 Å². The monoisotopic (exact) mass is 280 g/mol. The molecule has 0 aliphatic rings. The molecule has 0 fully saturated rings. The lowest BCUT2D eigenvalue weighted by Gasteiger charge is -2.02. The first-order valence-electron chi connectivity index (χ1n) is 9.56. The lowest BCUT2D eigenvalue weighted by atomic mass is 10.0. The van der Waals surface area contributed by atoms with Crippen LogP contribution >= 0.6 is 0 Å². The minimum Gasteiger partial charge on any atom is -0.0885 e. The molecule has 0 N–H and O–H groups in total. The van der Waals surface area contributed by atoms with Crippen molar-refractivity contribution in [2.75, 3.05) is 0 Å². The Morgan fingerprint density at radius 2 is 0.800 bits per heavy atom. The normalized spacial score (nSPS) is 11.5. The molecule has 20 heavy (non-hydrogen) atoms. The molecule has 0 radical (unpaired) electrons. The van der Waals surface area contributed by atoms with Crippen LogP contribution in [0.3, 0.4) is 0 Å². The van der Waals surface area contributed by atoms with Crippen molar-refractivity contribution < 1.29 is 0 Å². The highest BCUT2D eigenvalue weighted by Crippen LogP contribution is 2.13. The first kappa shape index (κ1) is 19.7. The minimum atomic E-state index is 1.26. The molecule has 0 amide bonds. The number of hydrogen-bond donors (Lipinski definition) is 0.